The van der Waals surface area contributed by atoms with E-state index in [1.54, 1.807) is 7.11 Å². The van der Waals surface area contributed by atoms with Crippen LogP contribution in [0.1, 0.15) is 47.3 Å². The van der Waals surface area contributed by atoms with Crippen molar-refractivity contribution in [2.75, 3.05) is 13.7 Å². The third kappa shape index (κ3) is 8.85. The summed E-state index contributed by atoms with van der Waals surface area (Å²) in [6, 6.07) is 9.69. The van der Waals surface area contributed by atoms with Crippen LogP contribution in [0.2, 0.25) is 25.7 Å². The molecule has 0 aliphatic heterocycles. The fourth-order valence-electron chi connectivity index (χ4n) is 4.53. The van der Waals surface area contributed by atoms with Crippen molar-refractivity contribution in [1.82, 2.24) is 25.0 Å². The second-order valence-electron chi connectivity index (χ2n) is 11.6. The Bertz CT molecular complexity index is 1580. The molecule has 0 aliphatic carbocycles. The fourth-order valence-corrected chi connectivity index (χ4v) is 5.29. The first-order valence-corrected chi connectivity index (χ1v) is 17.9. The largest absolute Gasteiger partial charge is 0.496 e. The predicted octanol–water partition coefficient (Wildman–Crippen LogP) is 6.63. The van der Waals surface area contributed by atoms with Crippen molar-refractivity contribution in [3.05, 3.63) is 72.2 Å². The van der Waals surface area contributed by atoms with Gasteiger partial charge in [0.15, 0.2) is 5.78 Å². The summed E-state index contributed by atoms with van der Waals surface area (Å²) >= 11 is 0. The molecule has 1 aromatic carbocycles. The number of imidazole rings is 1. The zero-order valence-electron chi connectivity index (χ0n) is 25.3. The molecule has 0 spiro atoms. The molecule has 228 valence electrons. The maximum Gasteiger partial charge on any atom is 0.405 e. The molecule has 0 radical (unpaired) electrons. The number of allylic oxidation sites excluding steroid dienone is 1. The van der Waals surface area contributed by atoms with E-state index in [2.05, 4.69) is 35.1 Å². The Hall–Kier alpha value is -4.29. The molecule has 0 aliphatic rings. The van der Waals surface area contributed by atoms with Gasteiger partial charge in [0.1, 0.15) is 30.3 Å². The van der Waals surface area contributed by atoms with Crippen molar-refractivity contribution in [1.29, 1.82) is 0 Å². The van der Waals surface area contributed by atoms with Crippen molar-refractivity contribution < 1.29 is 28.7 Å². The van der Waals surface area contributed by atoms with Gasteiger partial charge in [0.2, 0.25) is 0 Å². The van der Waals surface area contributed by atoms with Gasteiger partial charge in [-0.25, -0.2) is 9.78 Å². The number of ether oxygens (including phenoxy) is 2. The van der Waals surface area contributed by atoms with Gasteiger partial charge in [-0.05, 0) is 37.9 Å². The average molecular weight is 606 g/mol. The Morgan fingerprint density at radius 2 is 1.98 bits per heavy atom. The SMILES string of the molecule is COc1cc2nc(C)ccc2cc1-c1cn(COCC[Si](C)(C)C)c(C(CC=CCCC(=O)c2ccon2)NC(=O)O)n1. The van der Waals surface area contributed by atoms with Gasteiger partial charge < -0.3 is 29.0 Å². The lowest BCUT2D eigenvalue weighted by atomic mass is 10.1. The van der Waals surface area contributed by atoms with Gasteiger partial charge in [-0.3, -0.25) is 9.78 Å². The van der Waals surface area contributed by atoms with Gasteiger partial charge in [-0.1, -0.05) is 43.0 Å². The summed E-state index contributed by atoms with van der Waals surface area (Å²) in [7, 11) is 0.303. The Kier molecular flexibility index (Phi) is 10.5. The van der Waals surface area contributed by atoms with E-state index < -0.39 is 20.2 Å². The monoisotopic (exact) mass is 605 g/mol. The highest BCUT2D eigenvalue weighted by Gasteiger charge is 2.23. The summed E-state index contributed by atoms with van der Waals surface area (Å²) in [5.41, 5.74) is 3.40. The van der Waals surface area contributed by atoms with Gasteiger partial charge >= 0.3 is 6.09 Å². The number of ketones is 1. The molecular weight excluding hydrogens is 566 g/mol. The van der Waals surface area contributed by atoms with Crippen LogP contribution in [0.25, 0.3) is 22.2 Å². The van der Waals surface area contributed by atoms with Crippen LogP contribution in [-0.2, 0) is 11.5 Å². The Labute approximate surface area is 251 Å². The van der Waals surface area contributed by atoms with E-state index in [4.69, 9.17) is 19.0 Å². The van der Waals surface area contributed by atoms with Gasteiger partial charge in [0.25, 0.3) is 0 Å². The summed E-state index contributed by atoms with van der Waals surface area (Å²) in [5, 5.41) is 16.9. The first-order chi connectivity index (χ1) is 20.5. The number of nitrogens with one attached hydrogen (secondary N) is 1. The predicted molar refractivity (Wildman–Crippen MR) is 166 cm³/mol. The molecular formula is C31H39N5O6Si. The minimum absolute atomic E-state index is 0.121. The van der Waals surface area contributed by atoms with Crippen molar-refractivity contribution in [3.63, 3.8) is 0 Å². The summed E-state index contributed by atoms with van der Waals surface area (Å²) in [6.07, 6.45) is 6.84. The molecule has 3 aromatic heterocycles. The number of hydrogen-bond acceptors (Lipinski definition) is 8. The third-order valence-corrected chi connectivity index (χ3v) is 8.57. The summed E-state index contributed by atoms with van der Waals surface area (Å²) in [4.78, 5) is 33.6. The maximum atomic E-state index is 12.2. The Morgan fingerprint density at radius 1 is 1.16 bits per heavy atom. The van der Waals surface area contributed by atoms with E-state index in [0.717, 1.165) is 28.2 Å². The molecule has 1 unspecified atom stereocenters. The van der Waals surface area contributed by atoms with Gasteiger partial charge in [-0.2, -0.15) is 0 Å². The molecule has 0 saturated heterocycles. The number of Topliss-reactive ketones (excluding diaryl/α,β-unsaturated/α-hetero) is 1. The lowest BCUT2D eigenvalue weighted by Gasteiger charge is -2.18. The first kappa shape index (κ1) is 31.6. The number of rotatable bonds is 15. The second-order valence-corrected chi connectivity index (χ2v) is 17.2. The highest BCUT2D eigenvalue weighted by atomic mass is 28.3. The molecule has 4 aromatic rings. The number of aryl methyl sites for hydroxylation is 1. The number of amides is 1. The van der Waals surface area contributed by atoms with E-state index >= 15 is 0 Å². The minimum Gasteiger partial charge on any atom is -0.496 e. The van der Waals surface area contributed by atoms with E-state index in [-0.39, 0.29) is 24.6 Å². The molecule has 0 saturated carbocycles. The van der Waals surface area contributed by atoms with Crippen LogP contribution in [0, 0.1) is 6.92 Å². The van der Waals surface area contributed by atoms with Gasteiger partial charge in [0, 0.05) is 56.1 Å². The zero-order chi connectivity index (χ0) is 31.0. The lowest BCUT2D eigenvalue weighted by molar-refractivity contribution is 0.0837. The van der Waals surface area contributed by atoms with Crippen LogP contribution in [0.3, 0.4) is 0 Å². The van der Waals surface area contributed by atoms with Crippen LogP contribution >= 0.6 is 0 Å². The molecule has 2 N–H and O–H groups in total. The minimum atomic E-state index is -1.30. The second kappa shape index (κ2) is 14.3. The molecule has 4 rings (SSSR count). The molecule has 1 atom stereocenters. The van der Waals surface area contributed by atoms with E-state index in [0.29, 0.717) is 36.7 Å². The van der Waals surface area contributed by atoms with Crippen LogP contribution < -0.4 is 10.1 Å². The molecule has 11 nitrogen and oxygen atoms in total. The molecule has 0 fully saturated rings. The standard InChI is InChI=1S/C31H39N5O6Si/c1-21-11-12-22-17-23(29(40-2)18-26(22)32-21)27-19-36(20-41-15-16-43(3,4)5)30(33-27)25(34-31(38)39)9-7-6-8-10-28(37)24-13-14-42-35-24/h6-7,11-14,17-19,25,34H,8-10,15-16,20H2,1-5H3,(H,38,39). The summed E-state index contributed by atoms with van der Waals surface area (Å²) in [6.45, 7) is 9.63. The third-order valence-electron chi connectivity index (χ3n) is 6.87. The van der Waals surface area contributed by atoms with Crippen LogP contribution in [0.4, 0.5) is 4.79 Å². The highest BCUT2D eigenvalue weighted by Crippen LogP contribution is 2.34. The normalized spacial score (nSPS) is 12.6. The number of benzene rings is 1. The molecule has 12 heteroatoms. The van der Waals surface area contributed by atoms with Gasteiger partial charge in [0.05, 0.1) is 24.4 Å². The van der Waals surface area contributed by atoms with Crippen molar-refractivity contribution in [2.24, 2.45) is 0 Å². The van der Waals surface area contributed by atoms with E-state index in [1.165, 1.54) is 12.3 Å². The highest BCUT2D eigenvalue weighted by molar-refractivity contribution is 6.76. The number of aromatic nitrogens is 4. The van der Waals surface area contributed by atoms with Crippen molar-refractivity contribution in [2.45, 2.75) is 64.6 Å². The van der Waals surface area contributed by atoms with Crippen LogP contribution in [-0.4, -0.2) is 58.5 Å². The number of methoxy groups -OCH3 is 1. The molecule has 1 amide bonds. The number of fused-ring (bicyclic) bond motifs is 1. The van der Waals surface area contributed by atoms with Crippen molar-refractivity contribution in [3.8, 4) is 17.0 Å². The zero-order valence-corrected chi connectivity index (χ0v) is 26.3. The summed E-state index contributed by atoms with van der Waals surface area (Å²) in [5.74, 6) is 1.00. The smallest absolute Gasteiger partial charge is 0.405 e. The number of hydrogen-bond donors (Lipinski definition) is 2. The fraction of sp³-hybridized carbons (Fsp3) is 0.387. The number of nitrogens with zero attached hydrogens (tertiary/aromatic N) is 4. The van der Waals surface area contributed by atoms with Crippen LogP contribution in [0.5, 0.6) is 5.75 Å². The van der Waals surface area contributed by atoms with Crippen LogP contribution in [0.15, 0.2) is 59.5 Å². The maximum absolute atomic E-state index is 12.2. The van der Waals surface area contributed by atoms with E-state index in [1.807, 2.05) is 54.1 Å². The lowest BCUT2D eigenvalue weighted by Crippen LogP contribution is -2.29. The van der Waals surface area contributed by atoms with Gasteiger partial charge in [-0.15, -0.1) is 0 Å². The number of pyridine rings is 1. The topological polar surface area (TPSA) is 142 Å². The number of carbonyl (C=O) groups is 2. The van der Waals surface area contributed by atoms with Crippen molar-refractivity contribution >= 4 is 30.9 Å². The molecule has 43 heavy (non-hydrogen) atoms. The summed E-state index contributed by atoms with van der Waals surface area (Å²) < 4.78 is 18.4. The number of carbonyl (C=O) groups excluding carboxylic acids is 1. The first-order valence-electron chi connectivity index (χ1n) is 14.2. The average Bonchev–Trinajstić information content (AvgIpc) is 3.64. The number of carboxylic acid groups (broad SMARTS) is 1. The quantitative estimate of drug-likeness (QED) is 0.0660. The Balaban J connectivity index is 1.62. The van der Waals surface area contributed by atoms with E-state index in [9.17, 15) is 14.7 Å². The molecule has 3 heterocycles. The Morgan fingerprint density at radius 3 is 2.67 bits per heavy atom. The molecule has 0 bridgehead atoms.